The van der Waals surface area contributed by atoms with Gasteiger partial charge < -0.3 is 9.64 Å². The van der Waals surface area contributed by atoms with Crippen molar-refractivity contribution >= 4 is 21.6 Å². The molecule has 0 saturated heterocycles. The first kappa shape index (κ1) is 19.1. The first-order chi connectivity index (χ1) is 13.1. The number of aromatic nitrogens is 2. The summed E-state index contributed by atoms with van der Waals surface area (Å²) in [6.45, 7) is 4.68. The second-order valence-electron chi connectivity index (χ2n) is 8.79. The predicted molar refractivity (Wildman–Crippen MR) is 113 cm³/mol. The lowest BCUT2D eigenvalue weighted by atomic mass is 9.89. The van der Waals surface area contributed by atoms with Crippen molar-refractivity contribution in [1.82, 2.24) is 14.9 Å². The Morgan fingerprint density at radius 3 is 2.67 bits per heavy atom. The Labute approximate surface area is 167 Å². The third-order valence-corrected chi connectivity index (χ3v) is 7.90. The van der Waals surface area contributed by atoms with Gasteiger partial charge in [-0.25, -0.2) is 9.97 Å². The second-order valence-corrected chi connectivity index (χ2v) is 9.88. The van der Waals surface area contributed by atoms with Gasteiger partial charge in [0.15, 0.2) is 0 Å². The fraction of sp³-hybridized carbons (Fsp3) is 0.727. The Balaban J connectivity index is 1.57. The summed E-state index contributed by atoms with van der Waals surface area (Å²) in [7, 11) is 4.37. The van der Waals surface area contributed by atoms with E-state index in [1.807, 2.05) is 11.3 Å². The fourth-order valence-electron chi connectivity index (χ4n) is 4.86. The van der Waals surface area contributed by atoms with E-state index in [9.17, 15) is 0 Å². The van der Waals surface area contributed by atoms with Crippen LogP contribution in [0, 0.1) is 5.92 Å². The van der Waals surface area contributed by atoms with Crippen molar-refractivity contribution < 1.29 is 4.74 Å². The van der Waals surface area contributed by atoms with E-state index in [1.165, 1.54) is 54.4 Å². The Kier molecular flexibility index (Phi) is 5.70. The van der Waals surface area contributed by atoms with E-state index < -0.39 is 0 Å². The third kappa shape index (κ3) is 3.86. The molecule has 0 spiro atoms. The molecule has 1 fully saturated rings. The molecule has 0 aromatic carbocycles. The Bertz CT molecular complexity index is 779. The molecule has 27 heavy (non-hydrogen) atoms. The molecule has 0 aliphatic heterocycles. The summed E-state index contributed by atoms with van der Waals surface area (Å²) < 4.78 is 6.50. The lowest BCUT2D eigenvalue weighted by molar-refractivity contribution is 0.108. The van der Waals surface area contributed by atoms with E-state index in [0.717, 1.165) is 29.5 Å². The molecule has 5 heteroatoms. The summed E-state index contributed by atoms with van der Waals surface area (Å²) in [6.07, 6.45) is 11.7. The largest absolute Gasteiger partial charge is 0.474 e. The zero-order valence-electron chi connectivity index (χ0n) is 17.2. The van der Waals surface area contributed by atoms with Crippen LogP contribution in [-0.4, -0.2) is 41.1 Å². The minimum atomic E-state index is 0.296. The highest BCUT2D eigenvalue weighted by Gasteiger charge is 2.32. The van der Waals surface area contributed by atoms with Gasteiger partial charge in [0.05, 0.1) is 5.39 Å². The molecule has 4 rings (SSSR count). The topological polar surface area (TPSA) is 38.3 Å². The SMILES string of the molecule is CC[C@@H](C)C[C@H]1CCc2sc3ncnc(OC4CCC(N(C)C)CC4)c3c21. The molecule has 4 nitrogen and oxygen atoms in total. The second kappa shape index (κ2) is 8.04. The van der Waals surface area contributed by atoms with Crippen molar-refractivity contribution in [3.8, 4) is 5.88 Å². The highest BCUT2D eigenvalue weighted by atomic mass is 32.1. The van der Waals surface area contributed by atoms with Crippen molar-refractivity contribution in [3.63, 3.8) is 0 Å². The van der Waals surface area contributed by atoms with Crippen LogP contribution in [-0.2, 0) is 6.42 Å². The molecule has 148 valence electrons. The number of rotatable bonds is 6. The molecule has 2 aliphatic carbocycles. The van der Waals surface area contributed by atoms with Crippen LogP contribution in [0.5, 0.6) is 5.88 Å². The zero-order valence-corrected chi connectivity index (χ0v) is 18.0. The van der Waals surface area contributed by atoms with E-state index in [4.69, 9.17) is 4.74 Å². The number of hydrogen-bond donors (Lipinski definition) is 0. The van der Waals surface area contributed by atoms with Gasteiger partial charge in [0.2, 0.25) is 5.88 Å². The molecule has 1 saturated carbocycles. The summed E-state index contributed by atoms with van der Waals surface area (Å²) in [5.41, 5.74) is 1.52. The highest BCUT2D eigenvalue weighted by molar-refractivity contribution is 7.19. The zero-order chi connectivity index (χ0) is 19.0. The van der Waals surface area contributed by atoms with Gasteiger partial charge in [0.1, 0.15) is 17.3 Å². The van der Waals surface area contributed by atoms with Crippen molar-refractivity contribution in [2.24, 2.45) is 5.92 Å². The van der Waals surface area contributed by atoms with Gasteiger partial charge in [-0.1, -0.05) is 20.3 Å². The number of aryl methyl sites for hydroxylation is 1. The van der Waals surface area contributed by atoms with Gasteiger partial charge in [0.25, 0.3) is 0 Å². The maximum atomic E-state index is 6.50. The quantitative estimate of drug-likeness (QED) is 0.664. The normalized spacial score (nSPS) is 26.5. The Morgan fingerprint density at radius 1 is 1.19 bits per heavy atom. The molecular formula is C22H33N3OS. The standard InChI is InChI=1S/C22H33N3OS/c1-5-14(2)12-15-6-11-18-19(15)20-21(23-13-24-22(20)27-18)26-17-9-7-16(8-10-17)25(3)4/h13-17H,5-12H2,1-4H3/t14-,15-,16?,17?/m1/s1. The maximum absolute atomic E-state index is 6.50. The van der Waals surface area contributed by atoms with Crippen LogP contribution in [0.15, 0.2) is 6.33 Å². The number of ether oxygens (including phenoxy) is 1. The minimum Gasteiger partial charge on any atom is -0.474 e. The third-order valence-electron chi connectivity index (χ3n) is 6.73. The number of nitrogens with zero attached hydrogens (tertiary/aromatic N) is 3. The van der Waals surface area contributed by atoms with Gasteiger partial charge >= 0.3 is 0 Å². The van der Waals surface area contributed by atoms with Gasteiger partial charge in [-0.05, 0) is 76.4 Å². The lowest BCUT2D eigenvalue weighted by Crippen LogP contribution is -2.35. The van der Waals surface area contributed by atoms with Crippen LogP contribution in [0.4, 0.5) is 0 Å². The molecule has 2 aliphatic rings. The van der Waals surface area contributed by atoms with E-state index in [2.05, 4.69) is 42.8 Å². The summed E-state index contributed by atoms with van der Waals surface area (Å²) in [6, 6.07) is 0.695. The van der Waals surface area contributed by atoms with Crippen LogP contribution in [0.25, 0.3) is 10.2 Å². The molecular weight excluding hydrogens is 354 g/mol. The molecule has 0 N–H and O–H groups in total. The summed E-state index contributed by atoms with van der Waals surface area (Å²) in [5, 5.41) is 1.23. The van der Waals surface area contributed by atoms with Crippen LogP contribution in [0.1, 0.15) is 75.2 Å². The Morgan fingerprint density at radius 2 is 1.96 bits per heavy atom. The van der Waals surface area contributed by atoms with Crippen molar-refractivity contribution in [3.05, 3.63) is 16.8 Å². The summed E-state index contributed by atoms with van der Waals surface area (Å²) >= 11 is 1.87. The van der Waals surface area contributed by atoms with Gasteiger partial charge in [-0.3, -0.25) is 0 Å². The Hall–Kier alpha value is -1.20. The van der Waals surface area contributed by atoms with Crippen molar-refractivity contribution in [1.29, 1.82) is 0 Å². The molecule has 0 amide bonds. The van der Waals surface area contributed by atoms with Gasteiger partial charge in [-0.15, -0.1) is 11.3 Å². The van der Waals surface area contributed by atoms with Crippen LogP contribution >= 0.6 is 11.3 Å². The number of thiophene rings is 1. The van der Waals surface area contributed by atoms with Crippen molar-refractivity contribution in [2.75, 3.05) is 14.1 Å². The first-order valence-electron chi connectivity index (χ1n) is 10.7. The molecule has 0 radical (unpaired) electrons. The van der Waals surface area contributed by atoms with Gasteiger partial charge in [-0.2, -0.15) is 0 Å². The molecule has 2 aromatic heterocycles. The fourth-order valence-corrected chi connectivity index (χ4v) is 6.09. The highest BCUT2D eigenvalue weighted by Crippen LogP contribution is 2.48. The molecule has 2 atom stereocenters. The monoisotopic (exact) mass is 387 g/mol. The van der Waals surface area contributed by atoms with E-state index in [0.29, 0.717) is 18.1 Å². The minimum absolute atomic E-state index is 0.296. The summed E-state index contributed by atoms with van der Waals surface area (Å²) in [4.78, 5) is 14.2. The maximum Gasteiger partial charge on any atom is 0.225 e. The molecule has 2 aromatic rings. The van der Waals surface area contributed by atoms with Gasteiger partial charge in [0, 0.05) is 10.9 Å². The summed E-state index contributed by atoms with van der Waals surface area (Å²) in [5.74, 6) is 2.27. The smallest absolute Gasteiger partial charge is 0.225 e. The van der Waals surface area contributed by atoms with Crippen molar-refractivity contribution in [2.45, 2.75) is 83.3 Å². The average molecular weight is 388 g/mol. The average Bonchev–Trinajstić information content (AvgIpc) is 3.22. The molecule has 0 bridgehead atoms. The number of hydrogen-bond acceptors (Lipinski definition) is 5. The van der Waals surface area contributed by atoms with Crippen LogP contribution in [0.3, 0.4) is 0 Å². The van der Waals surface area contributed by atoms with E-state index >= 15 is 0 Å². The molecule has 2 heterocycles. The number of fused-ring (bicyclic) bond motifs is 3. The lowest BCUT2D eigenvalue weighted by Gasteiger charge is -2.32. The predicted octanol–water partition coefficient (Wildman–Crippen LogP) is 5.41. The van der Waals surface area contributed by atoms with Crippen LogP contribution in [0.2, 0.25) is 0 Å². The van der Waals surface area contributed by atoms with Crippen LogP contribution < -0.4 is 4.74 Å². The van der Waals surface area contributed by atoms with E-state index in [1.54, 1.807) is 6.33 Å². The van der Waals surface area contributed by atoms with E-state index in [-0.39, 0.29) is 0 Å². The molecule has 0 unspecified atom stereocenters. The first-order valence-corrected chi connectivity index (χ1v) is 11.5.